The van der Waals surface area contributed by atoms with Crippen LogP contribution in [0.3, 0.4) is 0 Å². The Labute approximate surface area is 111 Å². The van der Waals surface area contributed by atoms with Gasteiger partial charge in [0.15, 0.2) is 5.78 Å². The number of carbonyl (C=O) groups excluding carboxylic acids is 1. The van der Waals surface area contributed by atoms with Crippen LogP contribution in [-0.2, 0) is 4.74 Å². The van der Waals surface area contributed by atoms with E-state index in [1.54, 1.807) is 25.3 Å². The highest BCUT2D eigenvalue weighted by molar-refractivity contribution is 6.31. The number of morpholine rings is 1. The Hall–Kier alpha value is -1.10. The highest BCUT2D eigenvalue weighted by Gasteiger charge is 2.20. The molecule has 1 unspecified atom stereocenters. The molecule has 0 radical (unpaired) electrons. The largest absolute Gasteiger partial charge is 0.496 e. The Balaban J connectivity index is 2.09. The predicted octanol–water partition coefficient (Wildman–Crippen LogP) is 1.91. The van der Waals surface area contributed by atoms with Crippen LogP contribution in [-0.4, -0.2) is 38.7 Å². The van der Waals surface area contributed by atoms with E-state index in [0.29, 0.717) is 36.0 Å². The Morgan fingerprint density at radius 1 is 1.61 bits per heavy atom. The molecule has 0 amide bonds. The Morgan fingerprint density at radius 3 is 3.11 bits per heavy atom. The van der Waals surface area contributed by atoms with E-state index in [9.17, 15) is 4.79 Å². The van der Waals surface area contributed by atoms with Gasteiger partial charge < -0.3 is 14.8 Å². The quantitative estimate of drug-likeness (QED) is 0.849. The van der Waals surface area contributed by atoms with E-state index >= 15 is 0 Å². The fraction of sp³-hybridized carbons (Fsp3) is 0.462. The maximum Gasteiger partial charge on any atom is 0.168 e. The second-order valence-electron chi connectivity index (χ2n) is 4.20. The lowest BCUT2D eigenvalue weighted by Crippen LogP contribution is -2.42. The molecule has 0 saturated carbocycles. The minimum Gasteiger partial charge on any atom is -0.496 e. The van der Waals surface area contributed by atoms with Gasteiger partial charge in [-0.15, -0.1) is 0 Å². The van der Waals surface area contributed by atoms with E-state index in [1.165, 1.54) is 0 Å². The highest BCUT2D eigenvalue weighted by atomic mass is 35.5. The molecule has 1 aliphatic rings. The molecule has 2 rings (SSSR count). The lowest BCUT2D eigenvalue weighted by atomic mass is 10.0. The Morgan fingerprint density at radius 2 is 2.44 bits per heavy atom. The van der Waals surface area contributed by atoms with Gasteiger partial charge in [0, 0.05) is 24.0 Å². The van der Waals surface area contributed by atoms with Crippen LogP contribution >= 0.6 is 11.6 Å². The minimum atomic E-state index is 0.0114. The monoisotopic (exact) mass is 269 g/mol. The molecule has 4 nitrogen and oxygen atoms in total. The van der Waals surface area contributed by atoms with Crippen LogP contribution in [0.5, 0.6) is 5.75 Å². The van der Waals surface area contributed by atoms with Gasteiger partial charge in [0.1, 0.15) is 5.75 Å². The molecule has 0 aliphatic carbocycles. The molecule has 1 fully saturated rings. The molecule has 0 spiro atoms. The zero-order chi connectivity index (χ0) is 13.0. The summed E-state index contributed by atoms with van der Waals surface area (Å²) in [6, 6.07) is 5.13. The number of Topliss-reactive ketones (excluding diaryl/α,β-unsaturated/α-hetero) is 1. The summed E-state index contributed by atoms with van der Waals surface area (Å²) in [6.07, 6.45) is 0.386. The first-order valence-corrected chi connectivity index (χ1v) is 6.26. The number of methoxy groups -OCH3 is 1. The third-order valence-electron chi connectivity index (χ3n) is 2.89. The average molecular weight is 270 g/mol. The van der Waals surface area contributed by atoms with Crippen molar-refractivity contribution in [3.8, 4) is 5.75 Å². The Bertz CT molecular complexity index is 430. The normalized spacial score (nSPS) is 19.6. The first-order valence-electron chi connectivity index (χ1n) is 5.88. The van der Waals surface area contributed by atoms with Crippen molar-refractivity contribution in [3.63, 3.8) is 0 Å². The van der Waals surface area contributed by atoms with Crippen LogP contribution in [0.1, 0.15) is 16.8 Å². The van der Waals surface area contributed by atoms with Crippen molar-refractivity contribution < 1.29 is 14.3 Å². The van der Waals surface area contributed by atoms with Gasteiger partial charge in [-0.1, -0.05) is 11.6 Å². The maximum atomic E-state index is 12.2. The van der Waals surface area contributed by atoms with Gasteiger partial charge in [-0.05, 0) is 18.2 Å². The zero-order valence-electron chi connectivity index (χ0n) is 10.2. The van der Waals surface area contributed by atoms with E-state index in [2.05, 4.69) is 5.32 Å². The summed E-state index contributed by atoms with van der Waals surface area (Å²) in [4.78, 5) is 12.2. The molecule has 1 atom stereocenters. The second-order valence-corrected chi connectivity index (χ2v) is 4.63. The number of carbonyl (C=O) groups is 1. The summed E-state index contributed by atoms with van der Waals surface area (Å²) in [7, 11) is 1.54. The van der Waals surface area contributed by atoms with Gasteiger partial charge in [-0.2, -0.15) is 0 Å². The molecule has 1 aromatic carbocycles. The van der Waals surface area contributed by atoms with Gasteiger partial charge in [0.25, 0.3) is 0 Å². The lowest BCUT2D eigenvalue weighted by molar-refractivity contribution is 0.0675. The number of hydrogen-bond acceptors (Lipinski definition) is 4. The molecule has 1 N–H and O–H groups in total. The second kappa shape index (κ2) is 6.18. The molecule has 98 valence electrons. The van der Waals surface area contributed by atoms with Crippen molar-refractivity contribution in [1.29, 1.82) is 0 Å². The smallest absolute Gasteiger partial charge is 0.168 e. The van der Waals surface area contributed by atoms with E-state index in [0.717, 1.165) is 6.54 Å². The average Bonchev–Trinajstić information content (AvgIpc) is 2.40. The number of halogens is 1. The van der Waals surface area contributed by atoms with Gasteiger partial charge >= 0.3 is 0 Å². The maximum absolute atomic E-state index is 12.2. The van der Waals surface area contributed by atoms with Crippen LogP contribution in [0, 0.1) is 0 Å². The summed E-state index contributed by atoms with van der Waals surface area (Å²) < 4.78 is 10.5. The predicted molar refractivity (Wildman–Crippen MR) is 69.6 cm³/mol. The van der Waals surface area contributed by atoms with Crippen molar-refractivity contribution in [1.82, 2.24) is 5.32 Å². The summed E-state index contributed by atoms with van der Waals surface area (Å²) in [5, 5.41) is 3.79. The molecule has 18 heavy (non-hydrogen) atoms. The van der Waals surface area contributed by atoms with Gasteiger partial charge in [0.05, 0.1) is 25.9 Å². The van der Waals surface area contributed by atoms with Crippen molar-refractivity contribution in [2.24, 2.45) is 0 Å². The van der Waals surface area contributed by atoms with Gasteiger partial charge in [0.2, 0.25) is 0 Å². The van der Waals surface area contributed by atoms with Crippen LogP contribution in [0.4, 0.5) is 0 Å². The molecule has 1 aliphatic heterocycles. The van der Waals surface area contributed by atoms with E-state index < -0.39 is 0 Å². The third kappa shape index (κ3) is 3.22. The summed E-state index contributed by atoms with van der Waals surface area (Å²) in [5.74, 6) is 0.568. The molecule has 0 bridgehead atoms. The zero-order valence-corrected chi connectivity index (χ0v) is 11.0. The van der Waals surface area contributed by atoms with Crippen molar-refractivity contribution in [2.45, 2.75) is 12.5 Å². The number of ketones is 1. The SMILES string of the molecule is COc1ccc(Cl)cc1C(=O)CC1COCCN1. The van der Waals surface area contributed by atoms with E-state index in [1.807, 2.05) is 0 Å². The molecule has 1 heterocycles. The number of hydrogen-bond donors (Lipinski definition) is 1. The Kier molecular flexibility index (Phi) is 4.58. The molecular formula is C13H16ClNO3. The van der Waals surface area contributed by atoms with Crippen molar-refractivity contribution in [3.05, 3.63) is 28.8 Å². The molecule has 5 heteroatoms. The topological polar surface area (TPSA) is 47.6 Å². The van der Waals surface area contributed by atoms with E-state index in [4.69, 9.17) is 21.1 Å². The molecular weight excluding hydrogens is 254 g/mol. The molecule has 1 aromatic rings. The standard InChI is InChI=1S/C13H16ClNO3/c1-17-13-3-2-9(14)6-11(13)12(16)7-10-8-18-5-4-15-10/h2-3,6,10,15H,4-5,7-8H2,1H3. The summed E-state index contributed by atoms with van der Waals surface area (Å²) >= 11 is 5.91. The van der Waals surface area contributed by atoms with Crippen LogP contribution < -0.4 is 10.1 Å². The fourth-order valence-electron chi connectivity index (χ4n) is 1.98. The van der Waals surface area contributed by atoms with Crippen molar-refractivity contribution >= 4 is 17.4 Å². The molecule has 1 saturated heterocycles. The fourth-order valence-corrected chi connectivity index (χ4v) is 2.15. The number of benzene rings is 1. The van der Waals surface area contributed by atoms with Gasteiger partial charge in [-0.3, -0.25) is 4.79 Å². The van der Waals surface area contributed by atoms with E-state index in [-0.39, 0.29) is 11.8 Å². The molecule has 0 aromatic heterocycles. The number of rotatable bonds is 4. The minimum absolute atomic E-state index is 0.0114. The van der Waals surface area contributed by atoms with Crippen LogP contribution in [0.15, 0.2) is 18.2 Å². The van der Waals surface area contributed by atoms with Crippen molar-refractivity contribution in [2.75, 3.05) is 26.9 Å². The number of ether oxygens (including phenoxy) is 2. The summed E-state index contributed by atoms with van der Waals surface area (Å²) in [6.45, 7) is 2.05. The highest BCUT2D eigenvalue weighted by Crippen LogP contribution is 2.24. The first kappa shape index (κ1) is 13.3. The van der Waals surface area contributed by atoms with Gasteiger partial charge in [-0.25, -0.2) is 0 Å². The summed E-state index contributed by atoms with van der Waals surface area (Å²) in [5.41, 5.74) is 0.525. The van der Waals surface area contributed by atoms with Crippen LogP contribution in [0.25, 0.3) is 0 Å². The lowest BCUT2D eigenvalue weighted by Gasteiger charge is -2.23. The number of nitrogens with one attached hydrogen (secondary N) is 1. The first-order chi connectivity index (χ1) is 8.70. The third-order valence-corrected chi connectivity index (χ3v) is 3.13. The van der Waals surface area contributed by atoms with Crippen LogP contribution in [0.2, 0.25) is 5.02 Å².